The number of amides is 1. The molecule has 3 heterocycles. The highest BCUT2D eigenvalue weighted by Gasteiger charge is 2.47. The molecule has 2 saturated heterocycles. The SMILES string of the molecule is C=CCOC(=O)N1CC2CCC(C1)N2c1nc(S(C)=O)nc2c1CCC1(CCc3c(Cl)cccc31)C2. The number of anilines is 1. The van der Waals surface area contributed by atoms with Crippen molar-refractivity contribution >= 4 is 34.3 Å². The summed E-state index contributed by atoms with van der Waals surface area (Å²) in [6.07, 6.45) is 9.72. The Balaban J connectivity index is 1.35. The number of benzene rings is 1. The van der Waals surface area contributed by atoms with Crippen LogP contribution in [0.4, 0.5) is 10.6 Å². The second kappa shape index (κ2) is 9.14. The van der Waals surface area contributed by atoms with Gasteiger partial charge in [-0.15, -0.1) is 0 Å². The molecular weight excluding hydrogens is 496 g/mol. The lowest BCUT2D eigenvalue weighted by Gasteiger charge is -2.43. The molecule has 36 heavy (non-hydrogen) atoms. The number of likely N-dealkylation sites (tertiary alicyclic amines) is 1. The van der Waals surface area contributed by atoms with Crippen molar-refractivity contribution in [3.8, 4) is 0 Å². The molecule has 0 N–H and O–H groups in total. The van der Waals surface area contributed by atoms with Crippen molar-refractivity contribution in [2.24, 2.45) is 0 Å². The van der Waals surface area contributed by atoms with Crippen LogP contribution < -0.4 is 4.90 Å². The number of halogens is 1. The zero-order chi connectivity index (χ0) is 25.0. The van der Waals surface area contributed by atoms with Crippen molar-refractivity contribution in [3.63, 3.8) is 0 Å². The van der Waals surface area contributed by atoms with Crippen LogP contribution in [0.2, 0.25) is 5.02 Å². The molecule has 1 aromatic carbocycles. The van der Waals surface area contributed by atoms with E-state index in [0.29, 0.717) is 18.2 Å². The van der Waals surface area contributed by atoms with E-state index in [9.17, 15) is 9.00 Å². The number of aromatic nitrogens is 2. The number of piperazine rings is 1. The number of hydrogen-bond donors (Lipinski definition) is 0. The summed E-state index contributed by atoms with van der Waals surface area (Å²) in [5.74, 6) is 0.927. The van der Waals surface area contributed by atoms with E-state index in [2.05, 4.69) is 23.6 Å². The van der Waals surface area contributed by atoms with Gasteiger partial charge in [0.05, 0.1) is 16.5 Å². The number of ether oxygens (including phenoxy) is 1. The molecule has 1 aromatic heterocycles. The van der Waals surface area contributed by atoms with Gasteiger partial charge in [0.2, 0.25) is 5.16 Å². The molecule has 7 nitrogen and oxygen atoms in total. The third-order valence-electron chi connectivity index (χ3n) is 8.52. The molecule has 2 aliphatic heterocycles. The summed E-state index contributed by atoms with van der Waals surface area (Å²) in [4.78, 5) is 26.5. The fraction of sp³-hybridized carbons (Fsp3) is 0.519. The van der Waals surface area contributed by atoms with Crippen LogP contribution in [-0.2, 0) is 40.2 Å². The molecule has 2 bridgehead atoms. The lowest BCUT2D eigenvalue weighted by molar-refractivity contribution is 0.103. The number of carbonyl (C=O) groups is 1. The molecular formula is C27H31ClN4O3S. The molecule has 2 aromatic rings. The third-order valence-corrected chi connectivity index (χ3v) is 9.57. The highest BCUT2D eigenvalue weighted by atomic mass is 35.5. The average Bonchev–Trinajstić information content (AvgIpc) is 3.35. The zero-order valence-electron chi connectivity index (χ0n) is 20.5. The van der Waals surface area contributed by atoms with Gasteiger partial charge in [0, 0.05) is 47.4 Å². The molecule has 2 fully saturated rings. The number of hydrogen-bond acceptors (Lipinski definition) is 6. The van der Waals surface area contributed by atoms with Gasteiger partial charge in [-0.3, -0.25) is 4.21 Å². The second-order valence-electron chi connectivity index (χ2n) is 10.5. The number of carbonyl (C=O) groups excluding carboxylic acids is 1. The molecule has 190 valence electrons. The Morgan fingerprint density at radius 3 is 2.64 bits per heavy atom. The Labute approximate surface area is 219 Å². The lowest BCUT2D eigenvalue weighted by Crippen LogP contribution is -2.56. The van der Waals surface area contributed by atoms with Gasteiger partial charge in [-0.25, -0.2) is 14.8 Å². The maximum absolute atomic E-state index is 12.6. The molecule has 6 rings (SSSR count). The Bertz CT molecular complexity index is 1260. The molecule has 2 aliphatic carbocycles. The first-order valence-electron chi connectivity index (χ1n) is 12.7. The van der Waals surface area contributed by atoms with Gasteiger partial charge in [0.25, 0.3) is 0 Å². The summed E-state index contributed by atoms with van der Waals surface area (Å²) >= 11 is 6.55. The van der Waals surface area contributed by atoms with E-state index in [1.807, 2.05) is 11.0 Å². The van der Waals surface area contributed by atoms with Crippen LogP contribution in [-0.4, -0.2) is 63.2 Å². The monoisotopic (exact) mass is 526 g/mol. The quantitative estimate of drug-likeness (QED) is 0.438. The molecule has 9 heteroatoms. The van der Waals surface area contributed by atoms with Crippen molar-refractivity contribution in [3.05, 3.63) is 58.3 Å². The van der Waals surface area contributed by atoms with Crippen LogP contribution in [0.3, 0.4) is 0 Å². The predicted octanol–water partition coefficient (Wildman–Crippen LogP) is 4.22. The highest BCUT2D eigenvalue weighted by molar-refractivity contribution is 7.84. The van der Waals surface area contributed by atoms with Gasteiger partial charge >= 0.3 is 6.09 Å². The molecule has 4 atom stereocenters. The minimum absolute atomic E-state index is 0.0257. The van der Waals surface area contributed by atoms with Crippen LogP contribution >= 0.6 is 11.6 Å². The maximum atomic E-state index is 12.6. The Hall–Kier alpha value is -2.45. The molecule has 4 unspecified atom stereocenters. The van der Waals surface area contributed by atoms with Crippen LogP contribution in [0, 0.1) is 0 Å². The first-order valence-corrected chi connectivity index (χ1v) is 14.7. The van der Waals surface area contributed by atoms with Crippen LogP contribution in [0.15, 0.2) is 36.0 Å². The third kappa shape index (κ3) is 3.84. The second-order valence-corrected chi connectivity index (χ2v) is 12.2. The van der Waals surface area contributed by atoms with E-state index in [-0.39, 0.29) is 30.2 Å². The predicted molar refractivity (Wildman–Crippen MR) is 140 cm³/mol. The Morgan fingerprint density at radius 2 is 1.94 bits per heavy atom. The van der Waals surface area contributed by atoms with Crippen molar-refractivity contribution in [2.75, 3.05) is 30.9 Å². The largest absolute Gasteiger partial charge is 0.445 e. The standard InChI is InChI=1S/C27H31ClN4O3S/c1-3-13-35-26(33)31-15-17-7-8-18(16-31)32(17)24-20-10-12-27(14-23(20)29-25(30-24)36(2)34)11-9-19-21(27)5-4-6-22(19)28/h3-6,17-18H,1,7-16H2,2H3. The smallest absolute Gasteiger partial charge is 0.410 e. The zero-order valence-corrected chi connectivity index (χ0v) is 22.1. The first kappa shape index (κ1) is 23.9. The molecule has 1 amide bonds. The summed E-state index contributed by atoms with van der Waals surface area (Å²) in [6, 6.07) is 6.60. The summed E-state index contributed by atoms with van der Waals surface area (Å²) in [5, 5.41) is 1.26. The van der Waals surface area contributed by atoms with Crippen LogP contribution in [0.1, 0.15) is 48.1 Å². The van der Waals surface area contributed by atoms with E-state index >= 15 is 0 Å². The summed E-state index contributed by atoms with van der Waals surface area (Å²) in [5.41, 5.74) is 4.86. The minimum atomic E-state index is -1.29. The fourth-order valence-corrected chi connectivity index (χ4v) is 7.61. The molecule has 4 aliphatic rings. The van der Waals surface area contributed by atoms with E-state index in [1.165, 1.54) is 16.7 Å². The number of nitrogens with zero attached hydrogens (tertiary/aromatic N) is 4. The summed E-state index contributed by atoms with van der Waals surface area (Å²) in [7, 11) is -1.29. The van der Waals surface area contributed by atoms with Crippen molar-refractivity contribution in [1.82, 2.24) is 14.9 Å². The van der Waals surface area contributed by atoms with E-state index in [0.717, 1.165) is 61.5 Å². The first-order chi connectivity index (χ1) is 17.4. The van der Waals surface area contributed by atoms with Gasteiger partial charge in [0.15, 0.2) is 0 Å². The Morgan fingerprint density at radius 1 is 1.22 bits per heavy atom. The van der Waals surface area contributed by atoms with E-state index in [1.54, 1.807) is 12.3 Å². The minimum Gasteiger partial charge on any atom is -0.445 e. The summed E-state index contributed by atoms with van der Waals surface area (Å²) < 4.78 is 17.9. The van der Waals surface area contributed by atoms with Gasteiger partial charge in [-0.2, -0.15) is 0 Å². The highest BCUT2D eigenvalue weighted by Crippen LogP contribution is 2.50. The molecule has 0 saturated carbocycles. The fourth-order valence-electron chi connectivity index (χ4n) is 6.88. The number of rotatable bonds is 4. The van der Waals surface area contributed by atoms with Gasteiger partial charge in [-0.05, 0) is 62.1 Å². The van der Waals surface area contributed by atoms with Crippen molar-refractivity contribution < 1.29 is 13.7 Å². The van der Waals surface area contributed by atoms with Crippen molar-refractivity contribution in [1.29, 1.82) is 0 Å². The van der Waals surface area contributed by atoms with Crippen molar-refractivity contribution in [2.45, 2.75) is 67.6 Å². The van der Waals surface area contributed by atoms with E-state index in [4.69, 9.17) is 26.3 Å². The molecule has 1 spiro atoms. The Kier molecular flexibility index (Phi) is 6.07. The summed E-state index contributed by atoms with van der Waals surface area (Å²) in [6.45, 7) is 5.05. The van der Waals surface area contributed by atoms with Gasteiger partial charge < -0.3 is 14.5 Å². The van der Waals surface area contributed by atoms with Gasteiger partial charge in [0.1, 0.15) is 12.4 Å². The average molecular weight is 527 g/mol. The van der Waals surface area contributed by atoms with Crippen LogP contribution in [0.5, 0.6) is 0 Å². The van der Waals surface area contributed by atoms with Gasteiger partial charge in [-0.1, -0.05) is 36.4 Å². The van der Waals surface area contributed by atoms with E-state index < -0.39 is 10.8 Å². The number of fused-ring (bicyclic) bond motifs is 5. The lowest BCUT2D eigenvalue weighted by atomic mass is 9.69. The normalized spacial score (nSPS) is 27.1. The maximum Gasteiger partial charge on any atom is 0.410 e. The molecule has 0 radical (unpaired) electrons. The van der Waals surface area contributed by atoms with Crippen LogP contribution in [0.25, 0.3) is 0 Å². The topological polar surface area (TPSA) is 75.6 Å².